The van der Waals surface area contributed by atoms with Crippen molar-refractivity contribution in [2.45, 2.75) is 18.9 Å². The van der Waals surface area contributed by atoms with Crippen LogP contribution in [0.4, 0.5) is 0 Å². The molecule has 1 N–H and O–H groups in total. The zero-order chi connectivity index (χ0) is 9.97. The Labute approximate surface area is 84.0 Å². The maximum atomic E-state index is 11.5. The number of rotatable bonds is 2. The number of methoxy groups -OCH3 is 1. The highest BCUT2D eigenvalue weighted by Crippen LogP contribution is 2.29. The first-order valence-electron chi connectivity index (χ1n) is 5.23. The van der Waals surface area contributed by atoms with E-state index in [2.05, 4.69) is 5.32 Å². The summed E-state index contributed by atoms with van der Waals surface area (Å²) >= 11 is 0. The Bertz CT molecular complexity index is 213. The second-order valence-electron chi connectivity index (χ2n) is 4.00. The van der Waals surface area contributed by atoms with Crippen molar-refractivity contribution in [3.63, 3.8) is 0 Å². The Kier molecular flexibility index (Phi) is 3.03. The summed E-state index contributed by atoms with van der Waals surface area (Å²) in [5.41, 5.74) is 0. The smallest absolute Gasteiger partial charge is 0.310 e. The fourth-order valence-electron chi connectivity index (χ4n) is 2.44. The minimum absolute atomic E-state index is 0.0110. The molecule has 2 aliphatic rings. The standard InChI is InChI=1S/C10H17NO3/c1-13-10(12)8-6-11-5-7(8)9-3-2-4-14-9/h7-9,11H,2-6H2,1H3. The zero-order valence-electron chi connectivity index (χ0n) is 8.49. The van der Waals surface area contributed by atoms with E-state index in [1.165, 1.54) is 7.11 Å². The molecule has 4 nitrogen and oxygen atoms in total. The van der Waals surface area contributed by atoms with E-state index in [1.54, 1.807) is 0 Å². The van der Waals surface area contributed by atoms with Gasteiger partial charge in [0.05, 0.1) is 19.1 Å². The van der Waals surface area contributed by atoms with Gasteiger partial charge in [-0.1, -0.05) is 0 Å². The van der Waals surface area contributed by atoms with Gasteiger partial charge in [0.15, 0.2) is 0 Å². The van der Waals surface area contributed by atoms with Crippen LogP contribution in [0, 0.1) is 11.8 Å². The minimum Gasteiger partial charge on any atom is -0.469 e. The lowest BCUT2D eigenvalue weighted by Crippen LogP contribution is -2.32. The van der Waals surface area contributed by atoms with Crippen LogP contribution in [0.3, 0.4) is 0 Å². The Morgan fingerprint density at radius 1 is 1.50 bits per heavy atom. The molecule has 0 bridgehead atoms. The van der Waals surface area contributed by atoms with Crippen molar-refractivity contribution in [1.29, 1.82) is 0 Å². The molecule has 0 amide bonds. The van der Waals surface area contributed by atoms with Crippen LogP contribution in [-0.4, -0.2) is 38.9 Å². The van der Waals surface area contributed by atoms with Crippen LogP contribution >= 0.6 is 0 Å². The van der Waals surface area contributed by atoms with E-state index in [0.29, 0.717) is 5.92 Å². The van der Waals surface area contributed by atoms with Crippen molar-refractivity contribution in [2.24, 2.45) is 11.8 Å². The van der Waals surface area contributed by atoms with Gasteiger partial charge in [0.2, 0.25) is 0 Å². The third-order valence-corrected chi connectivity index (χ3v) is 3.21. The molecule has 2 heterocycles. The van der Waals surface area contributed by atoms with Crippen molar-refractivity contribution in [1.82, 2.24) is 5.32 Å². The molecule has 2 aliphatic heterocycles. The van der Waals surface area contributed by atoms with Gasteiger partial charge in [-0.05, 0) is 12.8 Å². The van der Waals surface area contributed by atoms with Crippen molar-refractivity contribution in [3.8, 4) is 0 Å². The van der Waals surface area contributed by atoms with E-state index in [9.17, 15) is 4.79 Å². The Morgan fingerprint density at radius 3 is 3.00 bits per heavy atom. The molecular formula is C10H17NO3. The van der Waals surface area contributed by atoms with Gasteiger partial charge < -0.3 is 14.8 Å². The van der Waals surface area contributed by atoms with Crippen molar-refractivity contribution in [3.05, 3.63) is 0 Å². The van der Waals surface area contributed by atoms with Gasteiger partial charge in [0.25, 0.3) is 0 Å². The molecule has 0 aromatic carbocycles. The fourth-order valence-corrected chi connectivity index (χ4v) is 2.44. The number of ether oxygens (including phenoxy) is 2. The highest BCUT2D eigenvalue weighted by Gasteiger charge is 2.40. The summed E-state index contributed by atoms with van der Waals surface area (Å²) in [5.74, 6) is 0.198. The molecule has 4 heteroatoms. The predicted octanol–water partition coefficient (Wildman–Crippen LogP) is 0.174. The number of nitrogens with one attached hydrogen (secondary N) is 1. The van der Waals surface area contributed by atoms with Gasteiger partial charge in [-0.3, -0.25) is 4.79 Å². The first-order valence-corrected chi connectivity index (χ1v) is 5.23. The first-order chi connectivity index (χ1) is 6.83. The van der Waals surface area contributed by atoms with Crippen LogP contribution in [0.25, 0.3) is 0 Å². The summed E-state index contributed by atoms with van der Waals surface area (Å²) in [4.78, 5) is 11.5. The van der Waals surface area contributed by atoms with E-state index in [1.807, 2.05) is 0 Å². The van der Waals surface area contributed by atoms with Crippen molar-refractivity contribution in [2.75, 3.05) is 26.8 Å². The van der Waals surface area contributed by atoms with Crippen LogP contribution in [0.5, 0.6) is 0 Å². The van der Waals surface area contributed by atoms with Gasteiger partial charge in [-0.15, -0.1) is 0 Å². The predicted molar refractivity (Wildman–Crippen MR) is 50.8 cm³/mol. The molecule has 0 saturated carbocycles. The Morgan fingerprint density at radius 2 is 2.36 bits per heavy atom. The summed E-state index contributed by atoms with van der Waals surface area (Å²) in [6, 6.07) is 0. The Balaban J connectivity index is 1.98. The summed E-state index contributed by atoms with van der Waals surface area (Å²) in [7, 11) is 1.45. The summed E-state index contributed by atoms with van der Waals surface area (Å²) in [5, 5.41) is 3.23. The largest absolute Gasteiger partial charge is 0.469 e. The molecule has 0 radical (unpaired) electrons. The van der Waals surface area contributed by atoms with Gasteiger partial charge >= 0.3 is 5.97 Å². The van der Waals surface area contributed by atoms with Gasteiger partial charge in [-0.2, -0.15) is 0 Å². The van der Waals surface area contributed by atoms with E-state index >= 15 is 0 Å². The van der Waals surface area contributed by atoms with E-state index in [4.69, 9.17) is 9.47 Å². The van der Waals surface area contributed by atoms with Crippen molar-refractivity contribution < 1.29 is 14.3 Å². The molecule has 0 aromatic rings. The highest BCUT2D eigenvalue weighted by atomic mass is 16.5. The molecule has 3 unspecified atom stereocenters. The van der Waals surface area contributed by atoms with E-state index in [0.717, 1.165) is 32.5 Å². The Hall–Kier alpha value is -0.610. The lowest BCUT2D eigenvalue weighted by Gasteiger charge is -2.21. The average Bonchev–Trinajstić information content (AvgIpc) is 2.85. The van der Waals surface area contributed by atoms with Crippen molar-refractivity contribution >= 4 is 5.97 Å². The molecule has 80 valence electrons. The average molecular weight is 199 g/mol. The molecule has 2 saturated heterocycles. The molecule has 14 heavy (non-hydrogen) atoms. The number of hydrogen-bond acceptors (Lipinski definition) is 4. The van der Waals surface area contributed by atoms with Crippen LogP contribution < -0.4 is 5.32 Å². The first kappa shape index (κ1) is 9.93. The zero-order valence-corrected chi connectivity index (χ0v) is 8.49. The van der Waals surface area contributed by atoms with Crippen LogP contribution in [0.1, 0.15) is 12.8 Å². The third kappa shape index (κ3) is 1.77. The monoisotopic (exact) mass is 199 g/mol. The minimum atomic E-state index is -0.101. The number of carbonyl (C=O) groups is 1. The lowest BCUT2D eigenvalue weighted by molar-refractivity contribution is -0.147. The van der Waals surface area contributed by atoms with Crippen LogP contribution in [-0.2, 0) is 14.3 Å². The fraction of sp³-hybridized carbons (Fsp3) is 0.900. The maximum absolute atomic E-state index is 11.5. The summed E-state index contributed by atoms with van der Waals surface area (Å²) in [6.07, 6.45) is 2.46. The van der Waals surface area contributed by atoms with Crippen LogP contribution in [0.2, 0.25) is 0 Å². The third-order valence-electron chi connectivity index (χ3n) is 3.21. The summed E-state index contributed by atoms with van der Waals surface area (Å²) < 4.78 is 10.4. The second kappa shape index (κ2) is 4.28. The molecule has 3 atom stereocenters. The maximum Gasteiger partial charge on any atom is 0.310 e. The van der Waals surface area contributed by atoms with Gasteiger partial charge in [0.1, 0.15) is 0 Å². The normalized spacial score (nSPS) is 37.4. The number of esters is 1. The number of hydrogen-bond donors (Lipinski definition) is 1. The molecule has 2 fully saturated rings. The lowest BCUT2D eigenvalue weighted by atomic mass is 9.89. The molecule has 0 spiro atoms. The molecule has 2 rings (SSSR count). The molecule has 0 aromatic heterocycles. The molecular weight excluding hydrogens is 182 g/mol. The van der Waals surface area contributed by atoms with E-state index in [-0.39, 0.29) is 18.0 Å². The highest BCUT2D eigenvalue weighted by molar-refractivity contribution is 5.73. The quantitative estimate of drug-likeness (QED) is 0.644. The second-order valence-corrected chi connectivity index (χ2v) is 4.00. The topological polar surface area (TPSA) is 47.6 Å². The SMILES string of the molecule is COC(=O)C1CNCC1C1CCCO1. The van der Waals surface area contributed by atoms with Gasteiger partial charge in [-0.25, -0.2) is 0 Å². The van der Waals surface area contributed by atoms with Crippen LogP contribution in [0.15, 0.2) is 0 Å². The number of carbonyl (C=O) groups excluding carboxylic acids is 1. The van der Waals surface area contributed by atoms with Gasteiger partial charge in [0, 0.05) is 25.6 Å². The summed E-state index contributed by atoms with van der Waals surface area (Å²) in [6.45, 7) is 2.46. The molecule has 0 aliphatic carbocycles. The van der Waals surface area contributed by atoms with E-state index < -0.39 is 0 Å².